The number of rotatable bonds is 2. The molecule has 2 aliphatic heterocycles. The minimum Gasteiger partial charge on any atom is -0.378 e. The molecule has 0 bridgehead atoms. The van der Waals surface area contributed by atoms with Crippen molar-refractivity contribution in [1.29, 1.82) is 0 Å². The van der Waals surface area contributed by atoms with Gasteiger partial charge in [-0.2, -0.15) is 0 Å². The summed E-state index contributed by atoms with van der Waals surface area (Å²) in [6.45, 7) is 7.45. The Hall–Kier alpha value is -1.59. The van der Waals surface area contributed by atoms with E-state index in [1.807, 2.05) is 4.90 Å². The maximum absolute atomic E-state index is 12.4. The Morgan fingerprint density at radius 2 is 2.00 bits per heavy atom. The van der Waals surface area contributed by atoms with Gasteiger partial charge in [0.25, 0.3) is 0 Å². The van der Waals surface area contributed by atoms with Crippen LogP contribution in [0.5, 0.6) is 0 Å². The molecule has 2 aliphatic rings. The summed E-state index contributed by atoms with van der Waals surface area (Å²) in [4.78, 5) is 16.8. The van der Waals surface area contributed by atoms with Crippen LogP contribution in [0, 0.1) is 6.92 Å². The summed E-state index contributed by atoms with van der Waals surface area (Å²) >= 11 is 0. The van der Waals surface area contributed by atoms with Crippen LogP contribution in [0.4, 0.5) is 5.69 Å². The van der Waals surface area contributed by atoms with Crippen LogP contribution >= 0.6 is 0 Å². The van der Waals surface area contributed by atoms with Crippen LogP contribution in [0.25, 0.3) is 0 Å². The van der Waals surface area contributed by atoms with Crippen molar-refractivity contribution in [3.8, 4) is 0 Å². The molecule has 3 rings (SSSR count). The lowest BCUT2D eigenvalue weighted by Crippen LogP contribution is -2.57. The highest BCUT2D eigenvalue weighted by Gasteiger charge is 2.28. The van der Waals surface area contributed by atoms with Gasteiger partial charge in [-0.15, -0.1) is 0 Å². The topological polar surface area (TPSA) is 44.8 Å². The van der Waals surface area contributed by atoms with Crippen molar-refractivity contribution in [3.05, 3.63) is 29.8 Å². The van der Waals surface area contributed by atoms with Crippen LogP contribution in [-0.4, -0.2) is 62.8 Å². The number of amides is 1. The second-order valence-corrected chi connectivity index (χ2v) is 5.68. The molecule has 2 saturated heterocycles. The number of nitrogens with zero attached hydrogens (tertiary/aromatic N) is 2. The third-order valence-corrected chi connectivity index (χ3v) is 4.27. The smallest absolute Gasteiger partial charge is 0.242 e. The van der Waals surface area contributed by atoms with Crippen LogP contribution in [0.15, 0.2) is 24.3 Å². The molecular weight excluding hydrogens is 266 g/mol. The average Bonchev–Trinajstić information content (AvgIpc) is 2.56. The number of hydrogen-bond donors (Lipinski definition) is 1. The predicted molar refractivity (Wildman–Crippen MR) is 82.6 cm³/mol. The van der Waals surface area contributed by atoms with Gasteiger partial charge in [0, 0.05) is 38.4 Å². The summed E-state index contributed by atoms with van der Waals surface area (Å²) in [6.07, 6.45) is 0. The summed E-state index contributed by atoms with van der Waals surface area (Å²) < 4.78 is 5.38. The van der Waals surface area contributed by atoms with Gasteiger partial charge in [-0.3, -0.25) is 4.79 Å². The highest BCUT2D eigenvalue weighted by Crippen LogP contribution is 2.21. The first-order valence-electron chi connectivity index (χ1n) is 7.66. The lowest BCUT2D eigenvalue weighted by molar-refractivity contribution is -0.136. The average molecular weight is 289 g/mol. The van der Waals surface area contributed by atoms with Crippen molar-refractivity contribution < 1.29 is 9.53 Å². The number of anilines is 1. The first-order chi connectivity index (χ1) is 10.3. The fraction of sp³-hybridized carbons (Fsp3) is 0.562. The van der Waals surface area contributed by atoms with E-state index in [0.717, 1.165) is 32.7 Å². The van der Waals surface area contributed by atoms with E-state index < -0.39 is 0 Å². The van der Waals surface area contributed by atoms with Crippen LogP contribution in [-0.2, 0) is 9.53 Å². The first-order valence-corrected chi connectivity index (χ1v) is 7.66. The molecule has 1 unspecified atom stereocenters. The Kier molecular flexibility index (Phi) is 4.41. The first kappa shape index (κ1) is 14.4. The number of aryl methyl sites for hydroxylation is 1. The van der Waals surface area contributed by atoms with Crippen molar-refractivity contribution in [2.45, 2.75) is 13.0 Å². The van der Waals surface area contributed by atoms with E-state index in [0.29, 0.717) is 13.2 Å². The quantitative estimate of drug-likeness (QED) is 0.867. The van der Waals surface area contributed by atoms with E-state index in [9.17, 15) is 4.79 Å². The molecule has 0 saturated carbocycles. The SMILES string of the molecule is Cc1ccccc1N1CCN(C(=O)C2COCCN2)CC1. The van der Waals surface area contributed by atoms with Crippen molar-refractivity contribution in [1.82, 2.24) is 10.2 Å². The number of morpholine rings is 1. The molecule has 5 nitrogen and oxygen atoms in total. The highest BCUT2D eigenvalue weighted by molar-refractivity contribution is 5.82. The van der Waals surface area contributed by atoms with Crippen LogP contribution in [0.1, 0.15) is 5.56 Å². The number of piperazine rings is 1. The largest absolute Gasteiger partial charge is 0.378 e. The predicted octanol–water partition coefficient (Wildman–Crippen LogP) is 0.632. The summed E-state index contributed by atoms with van der Waals surface area (Å²) in [5.74, 6) is 0.180. The zero-order valence-corrected chi connectivity index (χ0v) is 12.5. The minimum absolute atomic E-state index is 0.163. The molecule has 5 heteroatoms. The van der Waals surface area contributed by atoms with E-state index >= 15 is 0 Å². The van der Waals surface area contributed by atoms with Gasteiger partial charge >= 0.3 is 0 Å². The van der Waals surface area contributed by atoms with E-state index in [-0.39, 0.29) is 11.9 Å². The van der Waals surface area contributed by atoms with Gasteiger partial charge in [-0.05, 0) is 18.6 Å². The molecule has 2 fully saturated rings. The van der Waals surface area contributed by atoms with Gasteiger partial charge in [0.05, 0.1) is 13.2 Å². The minimum atomic E-state index is -0.163. The maximum Gasteiger partial charge on any atom is 0.242 e. The standard InChI is InChI=1S/C16H23N3O2/c1-13-4-2-3-5-15(13)18-7-9-19(10-8-18)16(20)14-12-21-11-6-17-14/h2-5,14,17H,6-12H2,1H3. The summed E-state index contributed by atoms with van der Waals surface area (Å²) in [5, 5.41) is 3.24. The molecule has 21 heavy (non-hydrogen) atoms. The molecule has 0 radical (unpaired) electrons. The van der Waals surface area contributed by atoms with E-state index in [2.05, 4.69) is 41.4 Å². The van der Waals surface area contributed by atoms with Crippen LogP contribution < -0.4 is 10.2 Å². The molecule has 0 aromatic heterocycles. The molecule has 1 N–H and O–H groups in total. The molecule has 0 spiro atoms. The van der Waals surface area contributed by atoms with Crippen molar-refractivity contribution in [2.24, 2.45) is 0 Å². The second-order valence-electron chi connectivity index (χ2n) is 5.68. The summed E-state index contributed by atoms with van der Waals surface area (Å²) in [5.41, 5.74) is 2.57. The number of benzene rings is 1. The Morgan fingerprint density at radius 1 is 1.24 bits per heavy atom. The lowest BCUT2D eigenvalue weighted by Gasteiger charge is -2.38. The number of nitrogens with one attached hydrogen (secondary N) is 1. The second kappa shape index (κ2) is 6.45. The molecule has 1 aromatic rings. The third-order valence-electron chi connectivity index (χ3n) is 4.27. The van der Waals surface area contributed by atoms with Crippen molar-refractivity contribution in [2.75, 3.05) is 50.8 Å². The van der Waals surface area contributed by atoms with Gasteiger partial charge in [0.15, 0.2) is 0 Å². The zero-order chi connectivity index (χ0) is 14.7. The lowest BCUT2D eigenvalue weighted by atomic mass is 10.1. The molecule has 0 aliphatic carbocycles. The Labute approximate surface area is 125 Å². The Morgan fingerprint density at radius 3 is 2.67 bits per heavy atom. The van der Waals surface area contributed by atoms with Crippen LogP contribution in [0.3, 0.4) is 0 Å². The van der Waals surface area contributed by atoms with E-state index in [4.69, 9.17) is 4.74 Å². The van der Waals surface area contributed by atoms with E-state index in [1.165, 1.54) is 11.3 Å². The summed E-state index contributed by atoms with van der Waals surface area (Å²) in [7, 11) is 0. The number of carbonyl (C=O) groups is 1. The van der Waals surface area contributed by atoms with Gasteiger partial charge in [-0.25, -0.2) is 0 Å². The van der Waals surface area contributed by atoms with Gasteiger partial charge in [0.1, 0.15) is 6.04 Å². The monoisotopic (exact) mass is 289 g/mol. The fourth-order valence-corrected chi connectivity index (χ4v) is 3.03. The number of para-hydroxylation sites is 1. The van der Waals surface area contributed by atoms with Gasteiger partial charge < -0.3 is 19.9 Å². The highest BCUT2D eigenvalue weighted by atomic mass is 16.5. The van der Waals surface area contributed by atoms with E-state index in [1.54, 1.807) is 0 Å². The Bertz CT molecular complexity index is 492. The zero-order valence-electron chi connectivity index (χ0n) is 12.5. The fourth-order valence-electron chi connectivity index (χ4n) is 3.03. The van der Waals surface area contributed by atoms with Crippen molar-refractivity contribution in [3.63, 3.8) is 0 Å². The molecule has 1 aromatic carbocycles. The number of carbonyl (C=O) groups excluding carboxylic acids is 1. The maximum atomic E-state index is 12.4. The van der Waals surface area contributed by atoms with Gasteiger partial charge in [-0.1, -0.05) is 18.2 Å². The number of ether oxygens (including phenoxy) is 1. The third kappa shape index (κ3) is 3.19. The normalized spacial score (nSPS) is 23.2. The van der Waals surface area contributed by atoms with Crippen LogP contribution in [0.2, 0.25) is 0 Å². The molecule has 2 heterocycles. The summed E-state index contributed by atoms with van der Waals surface area (Å²) in [6, 6.07) is 8.26. The molecular formula is C16H23N3O2. The molecule has 1 atom stereocenters. The molecule has 114 valence electrons. The number of hydrogen-bond acceptors (Lipinski definition) is 4. The molecule has 1 amide bonds. The Balaban J connectivity index is 1.57. The van der Waals surface area contributed by atoms with Crippen molar-refractivity contribution >= 4 is 11.6 Å². The van der Waals surface area contributed by atoms with Gasteiger partial charge in [0.2, 0.25) is 5.91 Å².